The van der Waals surface area contributed by atoms with Crippen molar-refractivity contribution < 1.29 is 27.5 Å². The van der Waals surface area contributed by atoms with E-state index < -0.39 is 41.1 Å². The van der Waals surface area contributed by atoms with E-state index >= 15 is 0 Å². The van der Waals surface area contributed by atoms with Crippen LogP contribution in [0.4, 0.5) is 18.9 Å². The maximum atomic E-state index is 13.4. The van der Waals surface area contributed by atoms with Gasteiger partial charge in [-0.05, 0) is 48.9 Å². The Morgan fingerprint density at radius 2 is 1.92 bits per heavy atom. The molecule has 0 saturated carbocycles. The minimum atomic E-state index is -4.72. The van der Waals surface area contributed by atoms with Crippen molar-refractivity contribution >= 4 is 23.3 Å². The van der Waals surface area contributed by atoms with Gasteiger partial charge in [0.05, 0.1) is 28.7 Å². The molecule has 190 valence electrons. The highest BCUT2D eigenvalue weighted by Gasteiger charge is 2.38. The van der Waals surface area contributed by atoms with Crippen LogP contribution < -0.4 is 16.0 Å². The molecule has 0 aromatic heterocycles. The van der Waals surface area contributed by atoms with Gasteiger partial charge in [0.2, 0.25) is 5.91 Å². The molecule has 11 heteroatoms. The molecule has 1 aliphatic carbocycles. The molecular weight excluding hydrogens is 487 g/mol. The molecule has 8 nitrogen and oxygen atoms in total. The summed E-state index contributed by atoms with van der Waals surface area (Å²) in [5, 5.41) is 17.6. The lowest BCUT2D eigenvalue weighted by Crippen LogP contribution is -2.37. The Balaban J connectivity index is 1.65. The van der Waals surface area contributed by atoms with Crippen molar-refractivity contribution in [3.05, 3.63) is 88.3 Å². The van der Waals surface area contributed by atoms with Crippen LogP contribution in [-0.4, -0.2) is 37.4 Å². The zero-order valence-electron chi connectivity index (χ0n) is 19.8. The van der Waals surface area contributed by atoms with E-state index in [1.807, 2.05) is 0 Å². The third kappa shape index (κ3) is 5.39. The number of carbonyl (C=O) groups excluding carboxylic acids is 2. The number of amidine groups is 1. The number of fused-ring (bicyclic) bond motifs is 1. The van der Waals surface area contributed by atoms with E-state index in [0.29, 0.717) is 28.3 Å². The minimum Gasteiger partial charge on any atom is -0.377 e. The Morgan fingerprint density at radius 3 is 2.62 bits per heavy atom. The molecule has 0 radical (unpaired) electrons. The maximum Gasteiger partial charge on any atom is 0.417 e. The van der Waals surface area contributed by atoms with Gasteiger partial charge in [-0.2, -0.15) is 18.4 Å². The van der Waals surface area contributed by atoms with Gasteiger partial charge in [-0.1, -0.05) is 18.2 Å². The summed E-state index contributed by atoms with van der Waals surface area (Å²) in [4.78, 5) is 30.7. The number of ether oxygens (including phenoxy) is 1. The first-order valence-electron chi connectivity index (χ1n) is 11.2. The minimum absolute atomic E-state index is 0.136. The molecule has 2 amide bonds. The second-order valence-electron chi connectivity index (χ2n) is 8.40. The van der Waals surface area contributed by atoms with Crippen LogP contribution in [0.5, 0.6) is 0 Å². The number of nitrogens with zero attached hydrogens (tertiary/aromatic N) is 2. The summed E-state index contributed by atoms with van der Waals surface area (Å²) in [5.41, 5.74) is 0.425. The van der Waals surface area contributed by atoms with Crippen LogP contribution >= 0.6 is 0 Å². The van der Waals surface area contributed by atoms with Crippen molar-refractivity contribution in [3.8, 4) is 6.07 Å². The molecule has 2 atom stereocenters. The van der Waals surface area contributed by atoms with Crippen LogP contribution in [0.25, 0.3) is 0 Å². The van der Waals surface area contributed by atoms with Crippen LogP contribution in [0, 0.1) is 24.2 Å². The molecule has 1 heterocycles. The molecule has 37 heavy (non-hydrogen) atoms. The predicted octanol–water partition coefficient (Wildman–Crippen LogP) is 3.67. The quantitative estimate of drug-likeness (QED) is 0.550. The van der Waals surface area contributed by atoms with Gasteiger partial charge < -0.3 is 20.7 Å². The summed E-state index contributed by atoms with van der Waals surface area (Å²) in [6.45, 7) is 1.85. The van der Waals surface area contributed by atoms with E-state index in [-0.39, 0.29) is 12.3 Å². The molecule has 2 aliphatic rings. The number of methoxy groups -OCH3 is 1. The zero-order chi connectivity index (χ0) is 26.7. The Bertz CT molecular complexity index is 1390. The number of rotatable bonds is 6. The number of halogens is 3. The number of carbonyl (C=O) groups is 2. The summed E-state index contributed by atoms with van der Waals surface area (Å²) in [7, 11) is 1.48. The molecule has 3 N–H and O–H groups in total. The van der Waals surface area contributed by atoms with Gasteiger partial charge in [-0.25, -0.2) is 0 Å². The standard InChI is InChI=1S/C26H22F3N5O3/c1-14-15(12-30)6-5-9-20(14)33-25(36)18-10-16(11-21-23(18)34-22(32-21)13-37-2)31-24(35)17-7-3-4-8-19(17)26(27,28)29/h3-11,18,23H,13H2,1-2H3,(H,31,35)(H,32,34)(H,33,36). The smallest absolute Gasteiger partial charge is 0.377 e. The number of benzene rings is 2. The first-order valence-corrected chi connectivity index (χ1v) is 11.2. The number of nitrogens with one attached hydrogen (secondary N) is 3. The van der Waals surface area contributed by atoms with Crippen molar-refractivity contribution in [2.75, 3.05) is 19.0 Å². The Morgan fingerprint density at radius 1 is 1.16 bits per heavy atom. The highest BCUT2D eigenvalue weighted by atomic mass is 19.4. The van der Waals surface area contributed by atoms with Crippen molar-refractivity contribution in [1.29, 1.82) is 5.26 Å². The largest absolute Gasteiger partial charge is 0.417 e. The van der Waals surface area contributed by atoms with E-state index in [9.17, 15) is 28.0 Å². The average Bonchev–Trinajstić information content (AvgIpc) is 3.26. The van der Waals surface area contributed by atoms with E-state index in [2.05, 4.69) is 27.0 Å². The molecule has 2 aromatic rings. The number of nitriles is 1. The van der Waals surface area contributed by atoms with Gasteiger partial charge in [0.25, 0.3) is 5.91 Å². The first-order chi connectivity index (χ1) is 17.6. The number of alkyl halides is 3. The number of allylic oxidation sites excluding steroid dienone is 1. The van der Waals surface area contributed by atoms with E-state index in [1.165, 1.54) is 31.4 Å². The number of anilines is 1. The van der Waals surface area contributed by atoms with Gasteiger partial charge in [-0.3, -0.25) is 14.6 Å². The van der Waals surface area contributed by atoms with Crippen molar-refractivity contribution in [2.24, 2.45) is 10.9 Å². The van der Waals surface area contributed by atoms with Crippen LogP contribution in [0.2, 0.25) is 0 Å². The second kappa shape index (κ2) is 10.3. The number of hydrogen-bond acceptors (Lipinski definition) is 6. The lowest BCUT2D eigenvalue weighted by molar-refractivity contribution is -0.138. The second-order valence-corrected chi connectivity index (χ2v) is 8.40. The summed E-state index contributed by atoms with van der Waals surface area (Å²) in [6, 6.07) is 10.8. The molecular formula is C26H22F3N5O3. The fourth-order valence-corrected chi connectivity index (χ4v) is 4.15. The molecule has 4 rings (SSSR count). The average molecular weight is 509 g/mol. The van der Waals surface area contributed by atoms with Crippen LogP contribution in [0.3, 0.4) is 0 Å². The molecule has 0 bridgehead atoms. The predicted molar refractivity (Wildman–Crippen MR) is 129 cm³/mol. The first kappa shape index (κ1) is 25.7. The summed E-state index contributed by atoms with van der Waals surface area (Å²) >= 11 is 0. The third-order valence-electron chi connectivity index (χ3n) is 5.94. The Hall–Kier alpha value is -4.43. The lowest BCUT2D eigenvalue weighted by Gasteiger charge is -2.25. The zero-order valence-corrected chi connectivity index (χ0v) is 19.8. The Kier molecular flexibility index (Phi) is 7.13. The summed E-state index contributed by atoms with van der Waals surface area (Å²) in [6.07, 6.45) is -1.75. The van der Waals surface area contributed by atoms with Gasteiger partial charge >= 0.3 is 6.18 Å². The monoisotopic (exact) mass is 509 g/mol. The molecule has 2 unspecified atom stereocenters. The molecule has 0 spiro atoms. The third-order valence-corrected chi connectivity index (χ3v) is 5.94. The molecule has 2 aromatic carbocycles. The van der Waals surface area contributed by atoms with Gasteiger partial charge in [0, 0.05) is 24.2 Å². The van der Waals surface area contributed by atoms with Crippen LogP contribution in [-0.2, 0) is 15.7 Å². The molecule has 1 aliphatic heterocycles. The fraction of sp³-hybridized carbons (Fsp3) is 0.231. The number of aliphatic imine (C=N–C) groups is 1. The normalized spacial score (nSPS) is 18.4. The van der Waals surface area contributed by atoms with E-state index in [0.717, 1.165) is 12.1 Å². The lowest BCUT2D eigenvalue weighted by atomic mass is 9.90. The summed E-state index contributed by atoms with van der Waals surface area (Å²) in [5.74, 6) is -1.90. The number of amides is 2. The van der Waals surface area contributed by atoms with E-state index in [1.54, 1.807) is 25.1 Å². The highest BCUT2D eigenvalue weighted by Crippen LogP contribution is 2.33. The highest BCUT2D eigenvalue weighted by molar-refractivity contribution is 5.99. The molecule has 0 saturated heterocycles. The van der Waals surface area contributed by atoms with Gasteiger partial charge in [-0.15, -0.1) is 0 Å². The maximum absolute atomic E-state index is 13.4. The van der Waals surface area contributed by atoms with Crippen molar-refractivity contribution in [2.45, 2.75) is 19.1 Å². The number of hydrogen-bond donors (Lipinski definition) is 3. The van der Waals surface area contributed by atoms with Crippen molar-refractivity contribution in [1.82, 2.24) is 10.6 Å². The summed E-state index contributed by atoms with van der Waals surface area (Å²) < 4.78 is 45.4. The fourth-order valence-electron chi connectivity index (χ4n) is 4.15. The van der Waals surface area contributed by atoms with Crippen molar-refractivity contribution in [3.63, 3.8) is 0 Å². The topological polar surface area (TPSA) is 116 Å². The van der Waals surface area contributed by atoms with Gasteiger partial charge in [0.15, 0.2) is 0 Å². The van der Waals surface area contributed by atoms with Crippen LogP contribution in [0.15, 0.2) is 71.0 Å². The van der Waals surface area contributed by atoms with Gasteiger partial charge in [0.1, 0.15) is 18.5 Å². The Labute approximate surface area is 210 Å². The SMILES string of the molecule is COCC1=NC2C(=CC(NC(=O)c3ccccc3C(F)(F)F)=CC2C(=O)Nc2cccc(C#N)c2C)N1. The van der Waals surface area contributed by atoms with E-state index in [4.69, 9.17) is 4.74 Å². The molecule has 0 fully saturated rings. The van der Waals surface area contributed by atoms with Crippen LogP contribution in [0.1, 0.15) is 27.0 Å².